The van der Waals surface area contributed by atoms with E-state index in [2.05, 4.69) is 10.6 Å². The van der Waals surface area contributed by atoms with E-state index >= 15 is 0 Å². The van der Waals surface area contributed by atoms with Crippen LogP contribution in [0.25, 0.3) is 0 Å². The molecule has 0 spiro atoms. The molecule has 1 atom stereocenters. The average molecular weight is 385 g/mol. The lowest BCUT2D eigenvalue weighted by Crippen LogP contribution is -2.31. The third-order valence-corrected chi connectivity index (χ3v) is 4.41. The Balaban J connectivity index is 1.54. The smallest absolute Gasteiger partial charge is 0.325 e. The maximum absolute atomic E-state index is 13.6. The van der Waals surface area contributed by atoms with Crippen LogP contribution < -0.4 is 15.4 Å². The Kier molecular flexibility index (Phi) is 5.88. The summed E-state index contributed by atoms with van der Waals surface area (Å²) in [5.41, 5.74) is 0.859. The van der Waals surface area contributed by atoms with Crippen LogP contribution in [0, 0.1) is 5.82 Å². The van der Waals surface area contributed by atoms with Gasteiger partial charge in [0.2, 0.25) is 5.91 Å². The predicted molar refractivity (Wildman–Crippen MR) is 100 cm³/mol. The van der Waals surface area contributed by atoms with Crippen LogP contribution in [0.3, 0.4) is 0 Å². The van der Waals surface area contributed by atoms with E-state index in [1.54, 1.807) is 37.4 Å². The molecule has 2 aromatic rings. The van der Waals surface area contributed by atoms with Gasteiger partial charge in [-0.1, -0.05) is 24.3 Å². The van der Waals surface area contributed by atoms with Crippen molar-refractivity contribution in [3.8, 4) is 5.75 Å². The number of ether oxygens (including phenoxy) is 1. The predicted octanol–water partition coefficient (Wildman–Crippen LogP) is 2.67. The van der Waals surface area contributed by atoms with Gasteiger partial charge in [0.05, 0.1) is 19.3 Å². The number of carbonyl (C=O) groups is 3. The second-order valence-corrected chi connectivity index (χ2v) is 6.34. The summed E-state index contributed by atoms with van der Waals surface area (Å²) in [6.45, 7) is 0.132. The second kappa shape index (κ2) is 8.51. The first-order valence-corrected chi connectivity index (χ1v) is 8.77. The molecule has 0 aromatic heterocycles. The third kappa shape index (κ3) is 4.46. The summed E-state index contributed by atoms with van der Waals surface area (Å²) in [5.74, 6) is -0.674. The van der Waals surface area contributed by atoms with Crippen LogP contribution in [0.15, 0.2) is 48.5 Å². The van der Waals surface area contributed by atoms with Crippen molar-refractivity contribution in [2.45, 2.75) is 25.4 Å². The molecule has 3 rings (SSSR count). The molecular formula is C20H20FN3O4. The molecule has 4 amide bonds. The van der Waals surface area contributed by atoms with E-state index < -0.39 is 23.8 Å². The lowest BCUT2D eigenvalue weighted by molar-refractivity contribution is -0.128. The van der Waals surface area contributed by atoms with Gasteiger partial charge in [0.1, 0.15) is 17.6 Å². The van der Waals surface area contributed by atoms with Crippen LogP contribution in [0.1, 0.15) is 18.4 Å². The molecule has 1 saturated heterocycles. The van der Waals surface area contributed by atoms with Crippen molar-refractivity contribution in [1.29, 1.82) is 0 Å². The van der Waals surface area contributed by atoms with Crippen molar-refractivity contribution >= 4 is 23.5 Å². The van der Waals surface area contributed by atoms with Gasteiger partial charge >= 0.3 is 6.03 Å². The molecule has 146 valence electrons. The van der Waals surface area contributed by atoms with Crippen molar-refractivity contribution in [3.05, 3.63) is 59.9 Å². The van der Waals surface area contributed by atoms with Gasteiger partial charge in [-0.15, -0.1) is 0 Å². The molecule has 0 unspecified atom stereocenters. The number of anilines is 1. The number of urea groups is 1. The first-order valence-electron chi connectivity index (χ1n) is 8.77. The van der Waals surface area contributed by atoms with Gasteiger partial charge in [0.15, 0.2) is 0 Å². The van der Waals surface area contributed by atoms with E-state index in [9.17, 15) is 18.8 Å². The molecule has 0 aliphatic carbocycles. The van der Waals surface area contributed by atoms with Crippen molar-refractivity contribution in [2.75, 3.05) is 12.4 Å². The molecule has 7 nitrogen and oxygen atoms in total. The van der Waals surface area contributed by atoms with Crippen LogP contribution in [0.5, 0.6) is 5.75 Å². The number of nitrogens with one attached hydrogen (secondary N) is 2. The zero-order valence-electron chi connectivity index (χ0n) is 15.3. The molecule has 0 radical (unpaired) electrons. The summed E-state index contributed by atoms with van der Waals surface area (Å²) in [6.07, 6.45) is 0.103. The van der Waals surface area contributed by atoms with E-state index in [0.717, 1.165) is 10.5 Å². The number of imide groups is 1. The Morgan fingerprint density at radius 2 is 1.89 bits per heavy atom. The molecule has 1 aliphatic heterocycles. The highest BCUT2D eigenvalue weighted by Gasteiger charge is 2.37. The largest absolute Gasteiger partial charge is 0.497 e. The Labute approximate surface area is 161 Å². The van der Waals surface area contributed by atoms with E-state index in [1.165, 1.54) is 18.2 Å². The van der Waals surface area contributed by atoms with Gasteiger partial charge < -0.3 is 15.4 Å². The Morgan fingerprint density at radius 3 is 2.57 bits per heavy atom. The summed E-state index contributed by atoms with van der Waals surface area (Å²) in [7, 11) is 1.55. The monoisotopic (exact) mass is 385 g/mol. The molecule has 1 heterocycles. The summed E-state index contributed by atoms with van der Waals surface area (Å²) in [5, 5.41) is 5.04. The number of rotatable bonds is 7. The fourth-order valence-electron chi connectivity index (χ4n) is 2.89. The lowest BCUT2D eigenvalue weighted by atomic mass is 10.1. The minimum atomic E-state index is -0.780. The van der Waals surface area contributed by atoms with Gasteiger partial charge in [-0.3, -0.25) is 14.5 Å². The van der Waals surface area contributed by atoms with E-state index in [4.69, 9.17) is 4.74 Å². The number of para-hydroxylation sites is 1. The fourth-order valence-corrected chi connectivity index (χ4v) is 2.89. The quantitative estimate of drug-likeness (QED) is 0.718. The summed E-state index contributed by atoms with van der Waals surface area (Å²) in [4.78, 5) is 37.7. The van der Waals surface area contributed by atoms with Gasteiger partial charge in [-0.25, -0.2) is 9.18 Å². The molecule has 0 bridgehead atoms. The second-order valence-electron chi connectivity index (χ2n) is 6.34. The van der Waals surface area contributed by atoms with Gasteiger partial charge in [-0.05, 0) is 36.2 Å². The van der Waals surface area contributed by atoms with Crippen LogP contribution in [-0.2, 0) is 16.1 Å². The Bertz CT molecular complexity index is 885. The molecule has 28 heavy (non-hydrogen) atoms. The Morgan fingerprint density at radius 1 is 1.18 bits per heavy atom. The van der Waals surface area contributed by atoms with Crippen LogP contribution in [0.2, 0.25) is 0 Å². The number of benzene rings is 2. The fraction of sp³-hybridized carbons (Fsp3) is 0.250. The first-order chi connectivity index (χ1) is 13.5. The minimum Gasteiger partial charge on any atom is -0.497 e. The number of halogens is 1. The molecular weight excluding hydrogens is 365 g/mol. The number of nitrogens with zero attached hydrogens (tertiary/aromatic N) is 1. The maximum atomic E-state index is 13.6. The molecule has 0 saturated carbocycles. The molecule has 1 fully saturated rings. The van der Waals surface area contributed by atoms with Crippen molar-refractivity contribution in [2.24, 2.45) is 0 Å². The van der Waals surface area contributed by atoms with Crippen molar-refractivity contribution < 1.29 is 23.5 Å². The molecule has 8 heteroatoms. The highest BCUT2D eigenvalue weighted by molar-refractivity contribution is 6.04. The highest BCUT2D eigenvalue weighted by Crippen LogP contribution is 2.18. The zero-order chi connectivity index (χ0) is 20.1. The number of hydrogen-bond donors (Lipinski definition) is 2. The van der Waals surface area contributed by atoms with Crippen molar-refractivity contribution in [1.82, 2.24) is 10.2 Å². The van der Waals surface area contributed by atoms with Gasteiger partial charge in [0, 0.05) is 6.42 Å². The summed E-state index contributed by atoms with van der Waals surface area (Å²) in [6, 6.07) is 11.6. The van der Waals surface area contributed by atoms with E-state index in [1.807, 2.05) is 0 Å². The standard InChI is InChI=1S/C20H20FN3O4/c1-28-14-8-6-13(7-9-14)12-24-19(26)17(23-20(24)27)10-11-18(25)22-16-5-3-2-4-15(16)21/h2-9,17H,10-12H2,1H3,(H,22,25)(H,23,27)/t17-/m0/s1. The summed E-state index contributed by atoms with van der Waals surface area (Å²) >= 11 is 0. The van der Waals surface area contributed by atoms with E-state index in [0.29, 0.717) is 5.75 Å². The number of hydrogen-bond acceptors (Lipinski definition) is 4. The molecule has 2 N–H and O–H groups in total. The van der Waals surface area contributed by atoms with Gasteiger partial charge in [0.25, 0.3) is 5.91 Å². The lowest BCUT2D eigenvalue weighted by Gasteiger charge is -2.13. The topological polar surface area (TPSA) is 87.7 Å². The van der Waals surface area contributed by atoms with Crippen LogP contribution in [-0.4, -0.2) is 35.9 Å². The zero-order valence-corrected chi connectivity index (χ0v) is 15.3. The van der Waals surface area contributed by atoms with Crippen molar-refractivity contribution in [3.63, 3.8) is 0 Å². The SMILES string of the molecule is COc1ccc(CN2C(=O)N[C@@H](CCC(=O)Nc3ccccc3F)C2=O)cc1. The summed E-state index contributed by atoms with van der Waals surface area (Å²) < 4.78 is 18.7. The number of methoxy groups -OCH3 is 1. The van der Waals surface area contributed by atoms with E-state index in [-0.39, 0.29) is 31.0 Å². The number of amides is 4. The first kappa shape index (κ1) is 19.3. The minimum absolute atomic E-state index is 0.0264. The molecule has 2 aromatic carbocycles. The maximum Gasteiger partial charge on any atom is 0.325 e. The molecule has 1 aliphatic rings. The van der Waals surface area contributed by atoms with Gasteiger partial charge in [-0.2, -0.15) is 0 Å². The number of carbonyl (C=O) groups excluding carboxylic acids is 3. The highest BCUT2D eigenvalue weighted by atomic mass is 19.1. The Hall–Kier alpha value is -3.42. The average Bonchev–Trinajstić information content (AvgIpc) is 2.96. The van der Waals surface area contributed by atoms with Crippen LogP contribution >= 0.6 is 0 Å². The van der Waals surface area contributed by atoms with Crippen LogP contribution in [0.4, 0.5) is 14.9 Å². The third-order valence-electron chi connectivity index (χ3n) is 4.41. The normalized spacial score (nSPS) is 16.1.